The lowest BCUT2D eigenvalue weighted by Crippen LogP contribution is -2.10. The third-order valence-corrected chi connectivity index (χ3v) is 4.14. The molecule has 0 aromatic heterocycles. The Kier molecular flexibility index (Phi) is 6.42. The van der Waals surface area contributed by atoms with Gasteiger partial charge in [0, 0.05) is 12.0 Å². The normalized spacial score (nSPS) is 10.5. The third-order valence-electron chi connectivity index (χ3n) is 4.14. The second-order valence-electron chi connectivity index (χ2n) is 5.82. The van der Waals surface area contributed by atoms with Crippen LogP contribution in [-0.2, 0) is 24.2 Å². The number of carbonyl (C=O) groups excluding carboxylic acids is 1. The summed E-state index contributed by atoms with van der Waals surface area (Å²) in [5.41, 5.74) is 4.50. The summed E-state index contributed by atoms with van der Waals surface area (Å²) in [6.45, 7) is 8.47. The van der Waals surface area contributed by atoms with Crippen LogP contribution in [-0.4, -0.2) is 5.97 Å². The number of rotatable bonds is 7. The van der Waals surface area contributed by atoms with Crippen molar-refractivity contribution in [1.29, 1.82) is 0 Å². The second-order valence-corrected chi connectivity index (χ2v) is 5.82. The van der Waals surface area contributed by atoms with Crippen LogP contribution in [0, 0.1) is 6.92 Å². The van der Waals surface area contributed by atoms with E-state index in [1.807, 2.05) is 18.2 Å². The Hall–Kier alpha value is -2.29. The number of hydrogen-bond donors (Lipinski definition) is 0. The van der Waals surface area contributed by atoms with Gasteiger partial charge >= 0.3 is 5.97 Å². The van der Waals surface area contributed by atoms with Crippen LogP contribution < -0.4 is 9.47 Å². The standard InChI is InChI=1S/C21H26O3/c1-5-16-11-12-19(15(4)13-16)23-14-18-17(6-2)9-8-10-20(18)24-21(22)7-3/h8-13H,5-7,14H2,1-4H3. The lowest BCUT2D eigenvalue weighted by atomic mass is 10.0. The molecule has 0 unspecified atom stereocenters. The molecule has 0 radical (unpaired) electrons. The first kappa shape index (κ1) is 18.1. The third kappa shape index (κ3) is 4.38. The smallest absolute Gasteiger partial charge is 0.310 e. The average Bonchev–Trinajstić information content (AvgIpc) is 2.60. The van der Waals surface area contributed by atoms with Crippen LogP contribution >= 0.6 is 0 Å². The van der Waals surface area contributed by atoms with Crippen LogP contribution in [0.25, 0.3) is 0 Å². The van der Waals surface area contributed by atoms with Crippen LogP contribution in [0.3, 0.4) is 0 Å². The first-order valence-corrected chi connectivity index (χ1v) is 8.62. The Morgan fingerprint density at radius 2 is 1.79 bits per heavy atom. The van der Waals surface area contributed by atoms with Gasteiger partial charge in [0.1, 0.15) is 18.1 Å². The Morgan fingerprint density at radius 3 is 2.42 bits per heavy atom. The molecule has 0 aliphatic carbocycles. The summed E-state index contributed by atoms with van der Waals surface area (Å²) in [6, 6.07) is 12.1. The maximum Gasteiger partial charge on any atom is 0.310 e. The fourth-order valence-electron chi connectivity index (χ4n) is 2.64. The van der Waals surface area contributed by atoms with Crippen LogP contribution in [0.2, 0.25) is 0 Å². The number of esters is 1. The highest BCUT2D eigenvalue weighted by Crippen LogP contribution is 2.27. The molecule has 2 aromatic carbocycles. The first-order chi connectivity index (χ1) is 11.6. The highest BCUT2D eigenvalue weighted by molar-refractivity contribution is 5.72. The zero-order valence-electron chi connectivity index (χ0n) is 15.0. The van der Waals surface area contributed by atoms with Gasteiger partial charge in [0.2, 0.25) is 0 Å². The monoisotopic (exact) mass is 326 g/mol. The van der Waals surface area contributed by atoms with Gasteiger partial charge in [0.25, 0.3) is 0 Å². The van der Waals surface area contributed by atoms with E-state index >= 15 is 0 Å². The predicted molar refractivity (Wildman–Crippen MR) is 96.6 cm³/mol. The summed E-state index contributed by atoms with van der Waals surface area (Å²) < 4.78 is 11.5. The molecule has 0 fully saturated rings. The molecule has 0 bridgehead atoms. The molecule has 0 aliphatic rings. The van der Waals surface area contributed by atoms with Gasteiger partial charge in [-0.05, 0) is 48.6 Å². The lowest BCUT2D eigenvalue weighted by Gasteiger charge is -2.16. The second kappa shape index (κ2) is 8.53. The Balaban J connectivity index is 2.23. The largest absolute Gasteiger partial charge is 0.488 e. The molecule has 0 atom stereocenters. The van der Waals surface area contributed by atoms with Crippen LogP contribution in [0.4, 0.5) is 0 Å². The quantitative estimate of drug-likeness (QED) is 0.530. The van der Waals surface area contributed by atoms with Crippen LogP contribution in [0.5, 0.6) is 11.5 Å². The highest BCUT2D eigenvalue weighted by atomic mass is 16.5. The van der Waals surface area contributed by atoms with Gasteiger partial charge < -0.3 is 9.47 Å². The fourth-order valence-corrected chi connectivity index (χ4v) is 2.64. The Morgan fingerprint density at radius 1 is 1.00 bits per heavy atom. The lowest BCUT2D eigenvalue weighted by molar-refractivity contribution is -0.134. The van der Waals surface area contributed by atoms with Crippen molar-refractivity contribution >= 4 is 5.97 Å². The minimum atomic E-state index is -0.229. The van der Waals surface area contributed by atoms with Crippen molar-refractivity contribution in [2.75, 3.05) is 0 Å². The first-order valence-electron chi connectivity index (χ1n) is 8.62. The molecule has 24 heavy (non-hydrogen) atoms. The molecule has 0 heterocycles. The molecule has 3 nitrogen and oxygen atoms in total. The van der Waals surface area contributed by atoms with Crippen LogP contribution in [0.1, 0.15) is 49.4 Å². The molecular formula is C21H26O3. The summed E-state index contributed by atoms with van der Waals surface area (Å²) >= 11 is 0. The zero-order valence-corrected chi connectivity index (χ0v) is 15.0. The number of ether oxygens (including phenoxy) is 2. The molecule has 0 aliphatic heterocycles. The van der Waals surface area contributed by atoms with Gasteiger partial charge in [-0.15, -0.1) is 0 Å². The molecule has 0 N–H and O–H groups in total. The maximum atomic E-state index is 11.7. The van der Waals surface area contributed by atoms with E-state index in [4.69, 9.17) is 9.47 Å². The summed E-state index contributed by atoms with van der Waals surface area (Å²) in [7, 11) is 0. The molecule has 128 valence electrons. The maximum absolute atomic E-state index is 11.7. The number of benzene rings is 2. The molecule has 2 aromatic rings. The SMILES string of the molecule is CCC(=O)Oc1cccc(CC)c1COc1ccc(CC)cc1C. The molecule has 0 saturated carbocycles. The minimum Gasteiger partial charge on any atom is -0.488 e. The van der Waals surface area contributed by atoms with Gasteiger partial charge in [-0.3, -0.25) is 4.79 Å². The molecule has 2 rings (SSSR count). The molecule has 3 heteroatoms. The number of hydrogen-bond acceptors (Lipinski definition) is 3. The van der Waals surface area contributed by atoms with Crippen molar-refractivity contribution < 1.29 is 14.3 Å². The number of carbonyl (C=O) groups is 1. The molecule has 0 spiro atoms. The summed E-state index contributed by atoms with van der Waals surface area (Å²) in [6.07, 6.45) is 2.23. The fraction of sp³-hybridized carbons (Fsp3) is 0.381. The Bertz CT molecular complexity index is 704. The summed E-state index contributed by atoms with van der Waals surface area (Å²) in [5, 5.41) is 0. The molecular weight excluding hydrogens is 300 g/mol. The summed E-state index contributed by atoms with van der Waals surface area (Å²) in [5.74, 6) is 1.24. The van der Waals surface area contributed by atoms with E-state index < -0.39 is 0 Å². The van der Waals surface area contributed by atoms with E-state index in [0.29, 0.717) is 18.8 Å². The number of aryl methyl sites for hydroxylation is 3. The van der Waals surface area contributed by atoms with E-state index in [-0.39, 0.29) is 5.97 Å². The van der Waals surface area contributed by atoms with Crippen LogP contribution in [0.15, 0.2) is 36.4 Å². The Labute approximate surface area is 144 Å². The van der Waals surface area contributed by atoms with Gasteiger partial charge in [0.05, 0.1) is 0 Å². The van der Waals surface area contributed by atoms with E-state index in [1.165, 1.54) is 5.56 Å². The zero-order chi connectivity index (χ0) is 17.5. The molecule has 0 saturated heterocycles. The highest BCUT2D eigenvalue weighted by Gasteiger charge is 2.13. The predicted octanol–water partition coefficient (Wildman–Crippen LogP) is 5.01. The van der Waals surface area contributed by atoms with Gasteiger partial charge in [-0.25, -0.2) is 0 Å². The van der Waals surface area contributed by atoms with Gasteiger partial charge in [0.15, 0.2) is 0 Å². The van der Waals surface area contributed by atoms with Crippen molar-refractivity contribution in [3.63, 3.8) is 0 Å². The van der Waals surface area contributed by atoms with Crippen molar-refractivity contribution in [1.82, 2.24) is 0 Å². The van der Waals surface area contributed by atoms with Gasteiger partial charge in [-0.1, -0.05) is 45.0 Å². The molecule has 0 amide bonds. The van der Waals surface area contributed by atoms with Crippen molar-refractivity contribution in [3.05, 3.63) is 58.7 Å². The van der Waals surface area contributed by atoms with Gasteiger partial charge in [-0.2, -0.15) is 0 Å². The topological polar surface area (TPSA) is 35.5 Å². The van der Waals surface area contributed by atoms with E-state index in [2.05, 4.69) is 39.0 Å². The summed E-state index contributed by atoms with van der Waals surface area (Å²) in [4.78, 5) is 11.7. The minimum absolute atomic E-state index is 0.229. The van der Waals surface area contributed by atoms with E-state index in [0.717, 1.165) is 35.3 Å². The van der Waals surface area contributed by atoms with Crippen molar-refractivity contribution in [2.45, 2.75) is 53.6 Å². The van der Waals surface area contributed by atoms with E-state index in [9.17, 15) is 4.79 Å². The van der Waals surface area contributed by atoms with Crippen molar-refractivity contribution in [2.24, 2.45) is 0 Å². The van der Waals surface area contributed by atoms with Crippen molar-refractivity contribution in [3.8, 4) is 11.5 Å². The van der Waals surface area contributed by atoms with E-state index in [1.54, 1.807) is 6.92 Å². The average molecular weight is 326 g/mol.